The van der Waals surface area contributed by atoms with E-state index in [2.05, 4.69) is 35.8 Å². The van der Waals surface area contributed by atoms with E-state index in [-0.39, 0.29) is 18.3 Å². The van der Waals surface area contributed by atoms with Crippen molar-refractivity contribution in [3.8, 4) is 0 Å². The van der Waals surface area contributed by atoms with Crippen molar-refractivity contribution in [1.82, 2.24) is 35.4 Å². The molecule has 0 saturated heterocycles. The zero-order chi connectivity index (χ0) is 19.7. The summed E-state index contributed by atoms with van der Waals surface area (Å²) < 4.78 is 16.0. The highest BCUT2D eigenvalue weighted by molar-refractivity contribution is 5.98. The molecule has 3 aromatic heterocycles. The maximum absolute atomic E-state index is 14.5. The van der Waals surface area contributed by atoms with Gasteiger partial charge in [-0.25, -0.2) is 24.5 Å². The Kier molecular flexibility index (Phi) is 4.44. The van der Waals surface area contributed by atoms with E-state index in [0.717, 1.165) is 5.39 Å². The highest BCUT2D eigenvalue weighted by Crippen LogP contribution is 2.19. The third-order valence-corrected chi connectivity index (χ3v) is 4.07. The van der Waals surface area contributed by atoms with Crippen LogP contribution in [0.1, 0.15) is 25.1 Å². The van der Waals surface area contributed by atoms with Gasteiger partial charge in [-0.3, -0.25) is 9.78 Å². The molecule has 28 heavy (non-hydrogen) atoms. The minimum atomic E-state index is -0.387. The molecule has 0 fully saturated rings. The Morgan fingerprint density at radius 3 is 2.96 bits per heavy atom. The molecular formula is C18H15FN8O. The zero-order valence-electron chi connectivity index (χ0n) is 15.1. The second-order valence-electron chi connectivity index (χ2n) is 6.15. The molecule has 3 heterocycles. The van der Waals surface area contributed by atoms with E-state index >= 15 is 0 Å². The molecule has 1 N–H and O–H groups in total. The predicted molar refractivity (Wildman–Crippen MR) is 99.9 cm³/mol. The van der Waals surface area contributed by atoms with Crippen LogP contribution in [0.3, 0.4) is 0 Å². The number of amides is 1. The first kappa shape index (κ1) is 17.6. The van der Waals surface area contributed by atoms with Gasteiger partial charge in [0.25, 0.3) is 0 Å². The SMILES string of the molecule is CC(=O)N/N=C(\C)c1cnc2nnn(Cc3cc4cccnc4cc3F)c2n1. The van der Waals surface area contributed by atoms with E-state index in [1.807, 2.05) is 6.07 Å². The summed E-state index contributed by atoms with van der Waals surface area (Å²) in [5.41, 5.74) is 5.01. The smallest absolute Gasteiger partial charge is 0.236 e. The van der Waals surface area contributed by atoms with Gasteiger partial charge in [0.05, 0.1) is 24.0 Å². The summed E-state index contributed by atoms with van der Waals surface area (Å²) in [5.74, 6) is -0.677. The number of fused-ring (bicyclic) bond motifs is 2. The molecule has 10 heteroatoms. The van der Waals surface area contributed by atoms with E-state index in [4.69, 9.17) is 0 Å². The van der Waals surface area contributed by atoms with E-state index in [1.54, 1.807) is 25.3 Å². The van der Waals surface area contributed by atoms with Gasteiger partial charge in [0, 0.05) is 30.1 Å². The molecule has 0 bridgehead atoms. The molecule has 140 valence electrons. The first-order chi connectivity index (χ1) is 13.5. The Bertz CT molecular complexity index is 1230. The largest absolute Gasteiger partial charge is 0.274 e. The van der Waals surface area contributed by atoms with Crippen molar-refractivity contribution in [1.29, 1.82) is 0 Å². The molecule has 0 aliphatic heterocycles. The Hall–Kier alpha value is -3.82. The first-order valence-electron chi connectivity index (χ1n) is 8.42. The zero-order valence-corrected chi connectivity index (χ0v) is 15.1. The van der Waals surface area contributed by atoms with Crippen LogP contribution in [0.15, 0.2) is 41.8 Å². The Balaban J connectivity index is 1.71. The molecule has 4 rings (SSSR count). The van der Waals surface area contributed by atoms with Crippen molar-refractivity contribution in [2.45, 2.75) is 20.4 Å². The molecule has 0 spiro atoms. The number of carbonyl (C=O) groups excluding carboxylic acids is 1. The highest BCUT2D eigenvalue weighted by Gasteiger charge is 2.13. The van der Waals surface area contributed by atoms with Gasteiger partial charge in [-0.2, -0.15) is 5.10 Å². The van der Waals surface area contributed by atoms with E-state index in [1.165, 1.54) is 23.9 Å². The van der Waals surface area contributed by atoms with Crippen LogP contribution in [-0.4, -0.2) is 41.6 Å². The van der Waals surface area contributed by atoms with E-state index in [0.29, 0.717) is 33.8 Å². The molecule has 1 aromatic carbocycles. The monoisotopic (exact) mass is 378 g/mol. The maximum Gasteiger partial charge on any atom is 0.236 e. The van der Waals surface area contributed by atoms with Crippen molar-refractivity contribution in [2.24, 2.45) is 5.10 Å². The number of pyridine rings is 1. The van der Waals surface area contributed by atoms with Crippen LogP contribution in [0.25, 0.3) is 22.2 Å². The Labute approximate surface area is 158 Å². The van der Waals surface area contributed by atoms with Crippen LogP contribution in [0.2, 0.25) is 0 Å². The molecule has 0 aliphatic rings. The third-order valence-electron chi connectivity index (χ3n) is 4.07. The average Bonchev–Trinajstić information content (AvgIpc) is 3.08. The van der Waals surface area contributed by atoms with Crippen LogP contribution in [0, 0.1) is 5.82 Å². The van der Waals surface area contributed by atoms with Gasteiger partial charge in [-0.05, 0) is 19.1 Å². The summed E-state index contributed by atoms with van der Waals surface area (Å²) in [7, 11) is 0. The fourth-order valence-electron chi connectivity index (χ4n) is 2.68. The standard InChI is InChI=1S/C18H15FN8O/c1-10(23-24-11(2)28)16-8-21-17-18(22-16)27(26-25-17)9-13-6-12-4-3-5-20-15(12)7-14(13)19/h3-8H,9H2,1-2H3,(H,24,28)/b23-10+. The summed E-state index contributed by atoms with van der Waals surface area (Å²) in [4.78, 5) is 23.8. The molecule has 0 saturated carbocycles. The fourth-order valence-corrected chi connectivity index (χ4v) is 2.68. The minimum absolute atomic E-state index is 0.132. The Morgan fingerprint density at radius 1 is 1.29 bits per heavy atom. The predicted octanol–water partition coefficient (Wildman–Crippen LogP) is 1.82. The number of benzene rings is 1. The molecule has 0 atom stereocenters. The van der Waals surface area contributed by atoms with Crippen molar-refractivity contribution in [3.63, 3.8) is 0 Å². The van der Waals surface area contributed by atoms with Gasteiger partial charge in [0.15, 0.2) is 5.65 Å². The van der Waals surface area contributed by atoms with Crippen LogP contribution >= 0.6 is 0 Å². The van der Waals surface area contributed by atoms with Crippen molar-refractivity contribution < 1.29 is 9.18 Å². The van der Waals surface area contributed by atoms with Gasteiger partial charge in [0.1, 0.15) is 11.5 Å². The number of nitrogens with zero attached hydrogens (tertiary/aromatic N) is 7. The lowest BCUT2D eigenvalue weighted by Gasteiger charge is -2.06. The lowest BCUT2D eigenvalue weighted by atomic mass is 10.1. The normalized spacial score (nSPS) is 11.9. The van der Waals surface area contributed by atoms with Gasteiger partial charge < -0.3 is 0 Å². The van der Waals surface area contributed by atoms with Crippen molar-refractivity contribution >= 4 is 33.8 Å². The molecule has 0 aliphatic carbocycles. The lowest BCUT2D eigenvalue weighted by molar-refractivity contribution is -0.118. The second kappa shape index (κ2) is 7.06. The topological polar surface area (TPSA) is 111 Å². The van der Waals surface area contributed by atoms with Gasteiger partial charge in [-0.15, -0.1) is 5.10 Å². The van der Waals surface area contributed by atoms with Crippen LogP contribution in [0.4, 0.5) is 4.39 Å². The summed E-state index contributed by atoms with van der Waals surface area (Å²) in [6.07, 6.45) is 3.11. The maximum atomic E-state index is 14.5. The first-order valence-corrected chi connectivity index (χ1v) is 8.42. The summed E-state index contributed by atoms with van der Waals surface area (Å²) in [6.45, 7) is 3.18. The van der Waals surface area contributed by atoms with Gasteiger partial charge >= 0.3 is 0 Å². The van der Waals surface area contributed by atoms with Gasteiger partial charge in [-0.1, -0.05) is 11.3 Å². The third kappa shape index (κ3) is 3.39. The second-order valence-corrected chi connectivity index (χ2v) is 6.15. The van der Waals surface area contributed by atoms with Crippen LogP contribution in [0.5, 0.6) is 0 Å². The summed E-state index contributed by atoms with van der Waals surface area (Å²) in [5, 5.41) is 12.8. The van der Waals surface area contributed by atoms with E-state index in [9.17, 15) is 9.18 Å². The molecule has 1 amide bonds. The molecule has 0 unspecified atom stereocenters. The number of hydrogen-bond acceptors (Lipinski definition) is 7. The number of halogens is 1. The number of nitrogens with one attached hydrogen (secondary N) is 1. The Morgan fingerprint density at radius 2 is 2.14 bits per heavy atom. The van der Waals surface area contributed by atoms with Crippen LogP contribution in [-0.2, 0) is 11.3 Å². The molecule has 4 aromatic rings. The number of hydrogen-bond donors (Lipinski definition) is 1. The molecule has 9 nitrogen and oxygen atoms in total. The van der Waals surface area contributed by atoms with Gasteiger partial charge in [0.2, 0.25) is 11.6 Å². The van der Waals surface area contributed by atoms with E-state index < -0.39 is 0 Å². The number of carbonyl (C=O) groups is 1. The van der Waals surface area contributed by atoms with Crippen LogP contribution < -0.4 is 5.43 Å². The lowest BCUT2D eigenvalue weighted by Crippen LogP contribution is -2.16. The average molecular weight is 378 g/mol. The number of hydrazone groups is 1. The minimum Gasteiger partial charge on any atom is -0.274 e. The summed E-state index contributed by atoms with van der Waals surface area (Å²) >= 11 is 0. The molecular weight excluding hydrogens is 363 g/mol. The number of aromatic nitrogens is 6. The molecule has 0 radical (unpaired) electrons. The quantitative estimate of drug-likeness (QED) is 0.428. The summed E-state index contributed by atoms with van der Waals surface area (Å²) in [6, 6.07) is 6.78. The van der Waals surface area contributed by atoms with Crippen molar-refractivity contribution in [3.05, 3.63) is 53.7 Å². The fraction of sp³-hybridized carbons (Fsp3) is 0.167. The number of rotatable bonds is 4. The highest BCUT2D eigenvalue weighted by atomic mass is 19.1. The van der Waals surface area contributed by atoms with Crippen molar-refractivity contribution in [2.75, 3.05) is 0 Å².